The second kappa shape index (κ2) is 7.51. The van der Waals surface area contributed by atoms with Gasteiger partial charge in [-0.25, -0.2) is 0 Å². The summed E-state index contributed by atoms with van der Waals surface area (Å²) in [5.74, 6) is 0.798. The summed E-state index contributed by atoms with van der Waals surface area (Å²) in [7, 11) is 0. The molecule has 6 nitrogen and oxygen atoms in total. The van der Waals surface area contributed by atoms with Crippen molar-refractivity contribution in [1.82, 2.24) is 10.5 Å². The zero-order valence-corrected chi connectivity index (χ0v) is 14.6. The van der Waals surface area contributed by atoms with Gasteiger partial charge in [0.25, 0.3) is 11.8 Å². The summed E-state index contributed by atoms with van der Waals surface area (Å²) in [6.45, 7) is 4.60. The molecule has 0 aliphatic heterocycles. The fourth-order valence-corrected chi connectivity index (χ4v) is 2.62. The van der Waals surface area contributed by atoms with Crippen LogP contribution in [0.25, 0.3) is 0 Å². The quantitative estimate of drug-likeness (QED) is 0.753. The summed E-state index contributed by atoms with van der Waals surface area (Å²) >= 11 is 0. The molecule has 2 aromatic rings. The zero-order valence-electron chi connectivity index (χ0n) is 14.6. The maximum Gasteiger partial charge on any atom is 0.277 e. The summed E-state index contributed by atoms with van der Waals surface area (Å²) in [5, 5.41) is 9.53. The Kier molecular flexibility index (Phi) is 5.16. The standard InChI is InChI=1S/C19H23N3O3/c1-3-4-9-20-18(23)15-8-7-14(10-12(15)2)21-19(24)16-11-17(25-22-16)13-5-6-13/h7-8,10-11,13H,3-6,9H2,1-2H3,(H,20,23)(H,21,24). The second-order valence-electron chi connectivity index (χ2n) is 6.48. The second-order valence-corrected chi connectivity index (χ2v) is 6.48. The molecule has 2 N–H and O–H groups in total. The number of anilines is 1. The lowest BCUT2D eigenvalue weighted by Gasteiger charge is -2.09. The monoisotopic (exact) mass is 341 g/mol. The van der Waals surface area contributed by atoms with Gasteiger partial charge in [-0.3, -0.25) is 9.59 Å². The fourth-order valence-electron chi connectivity index (χ4n) is 2.62. The number of rotatable bonds is 7. The maximum atomic E-state index is 12.3. The number of nitrogens with zero attached hydrogens (tertiary/aromatic N) is 1. The third-order valence-corrected chi connectivity index (χ3v) is 4.29. The number of aromatic nitrogens is 1. The van der Waals surface area contributed by atoms with Crippen LogP contribution in [0.5, 0.6) is 0 Å². The minimum atomic E-state index is -0.310. The average molecular weight is 341 g/mol. The summed E-state index contributed by atoms with van der Waals surface area (Å²) in [5.41, 5.74) is 2.33. The van der Waals surface area contributed by atoms with Crippen molar-refractivity contribution >= 4 is 17.5 Å². The van der Waals surface area contributed by atoms with Gasteiger partial charge in [0, 0.05) is 29.8 Å². The maximum absolute atomic E-state index is 12.3. The Balaban J connectivity index is 1.63. The number of unbranched alkanes of at least 4 members (excludes halogenated alkanes) is 1. The van der Waals surface area contributed by atoms with Gasteiger partial charge < -0.3 is 15.2 Å². The van der Waals surface area contributed by atoms with Crippen LogP contribution >= 0.6 is 0 Å². The van der Waals surface area contributed by atoms with Crippen molar-refractivity contribution in [1.29, 1.82) is 0 Å². The van der Waals surface area contributed by atoms with Gasteiger partial charge in [0.1, 0.15) is 5.76 Å². The van der Waals surface area contributed by atoms with E-state index in [-0.39, 0.29) is 17.5 Å². The first-order valence-corrected chi connectivity index (χ1v) is 8.75. The van der Waals surface area contributed by atoms with Gasteiger partial charge in [0.05, 0.1) is 0 Å². The van der Waals surface area contributed by atoms with Crippen LogP contribution in [0.3, 0.4) is 0 Å². The highest BCUT2D eigenvalue weighted by atomic mass is 16.5. The van der Waals surface area contributed by atoms with Crippen LogP contribution in [0.2, 0.25) is 0 Å². The first-order valence-electron chi connectivity index (χ1n) is 8.75. The van der Waals surface area contributed by atoms with Crippen LogP contribution in [-0.2, 0) is 0 Å². The van der Waals surface area contributed by atoms with Crippen molar-refractivity contribution in [2.75, 3.05) is 11.9 Å². The Morgan fingerprint density at radius 1 is 1.24 bits per heavy atom. The minimum absolute atomic E-state index is 0.0885. The van der Waals surface area contributed by atoms with Gasteiger partial charge in [-0.15, -0.1) is 0 Å². The highest BCUT2D eigenvalue weighted by Gasteiger charge is 2.28. The molecule has 1 aliphatic carbocycles. The molecule has 1 aromatic heterocycles. The van der Waals surface area contributed by atoms with E-state index in [1.165, 1.54) is 0 Å². The van der Waals surface area contributed by atoms with Crippen LogP contribution in [-0.4, -0.2) is 23.5 Å². The molecule has 0 atom stereocenters. The van der Waals surface area contributed by atoms with Crippen molar-refractivity contribution in [3.63, 3.8) is 0 Å². The first-order chi connectivity index (χ1) is 12.1. The van der Waals surface area contributed by atoms with Crippen LogP contribution < -0.4 is 10.6 Å². The molecular formula is C19H23N3O3. The Morgan fingerprint density at radius 2 is 2.04 bits per heavy atom. The van der Waals surface area contributed by atoms with Crippen LogP contribution in [0, 0.1) is 6.92 Å². The summed E-state index contributed by atoms with van der Waals surface area (Å²) in [6.07, 6.45) is 4.18. The van der Waals surface area contributed by atoms with Crippen LogP contribution in [0.1, 0.15) is 70.7 Å². The van der Waals surface area contributed by atoms with E-state index in [2.05, 4.69) is 22.7 Å². The van der Waals surface area contributed by atoms with Crippen molar-refractivity contribution in [3.8, 4) is 0 Å². The zero-order chi connectivity index (χ0) is 17.8. The molecule has 0 radical (unpaired) electrons. The van der Waals surface area contributed by atoms with E-state index in [9.17, 15) is 9.59 Å². The number of amides is 2. The van der Waals surface area contributed by atoms with E-state index in [1.807, 2.05) is 6.92 Å². The third-order valence-electron chi connectivity index (χ3n) is 4.29. The third kappa shape index (κ3) is 4.26. The SMILES string of the molecule is CCCCNC(=O)c1ccc(NC(=O)c2cc(C3CC3)on2)cc1C. The van der Waals surface area contributed by atoms with Gasteiger partial charge >= 0.3 is 0 Å². The predicted molar refractivity (Wildman–Crippen MR) is 94.9 cm³/mol. The highest BCUT2D eigenvalue weighted by Crippen LogP contribution is 2.40. The van der Waals surface area contributed by atoms with Gasteiger partial charge in [-0.2, -0.15) is 0 Å². The number of carbonyl (C=O) groups excluding carboxylic acids is 2. The molecule has 0 bridgehead atoms. The molecule has 2 amide bonds. The van der Waals surface area contributed by atoms with Crippen LogP contribution in [0.4, 0.5) is 5.69 Å². The number of nitrogens with one attached hydrogen (secondary N) is 2. The van der Waals surface area contributed by atoms with E-state index in [0.717, 1.165) is 37.0 Å². The van der Waals surface area contributed by atoms with E-state index in [1.54, 1.807) is 24.3 Å². The van der Waals surface area contributed by atoms with E-state index < -0.39 is 0 Å². The lowest BCUT2D eigenvalue weighted by Crippen LogP contribution is -2.25. The smallest absolute Gasteiger partial charge is 0.277 e. The normalized spacial score (nSPS) is 13.5. The summed E-state index contributed by atoms with van der Waals surface area (Å²) in [6, 6.07) is 6.94. The fraction of sp³-hybridized carbons (Fsp3) is 0.421. The van der Waals surface area contributed by atoms with E-state index in [4.69, 9.17) is 4.52 Å². The molecule has 1 aliphatic rings. The molecular weight excluding hydrogens is 318 g/mol. The predicted octanol–water partition coefficient (Wildman–Crippen LogP) is 3.64. The summed E-state index contributed by atoms with van der Waals surface area (Å²) in [4.78, 5) is 24.4. The first kappa shape index (κ1) is 17.2. The molecule has 3 rings (SSSR count). The van der Waals surface area contributed by atoms with Gasteiger partial charge in [0.2, 0.25) is 0 Å². The Hall–Kier alpha value is -2.63. The number of aryl methyl sites for hydroxylation is 1. The molecule has 1 saturated carbocycles. The topological polar surface area (TPSA) is 84.2 Å². The number of hydrogen-bond acceptors (Lipinski definition) is 4. The Labute approximate surface area is 147 Å². The lowest BCUT2D eigenvalue weighted by molar-refractivity contribution is 0.0952. The minimum Gasteiger partial charge on any atom is -0.360 e. The lowest BCUT2D eigenvalue weighted by atomic mass is 10.1. The van der Waals surface area contributed by atoms with Gasteiger partial charge in [-0.05, 0) is 49.9 Å². The van der Waals surface area contributed by atoms with Crippen molar-refractivity contribution in [3.05, 3.63) is 46.8 Å². The molecule has 25 heavy (non-hydrogen) atoms. The van der Waals surface area contributed by atoms with Gasteiger partial charge in [0.15, 0.2) is 5.69 Å². The van der Waals surface area contributed by atoms with Gasteiger partial charge in [-0.1, -0.05) is 18.5 Å². The number of hydrogen-bond donors (Lipinski definition) is 2. The van der Waals surface area contributed by atoms with Crippen LogP contribution in [0.15, 0.2) is 28.8 Å². The van der Waals surface area contributed by atoms with Crippen molar-refractivity contribution in [2.45, 2.75) is 45.4 Å². The molecule has 1 fully saturated rings. The Morgan fingerprint density at radius 3 is 2.72 bits per heavy atom. The molecule has 0 spiro atoms. The summed E-state index contributed by atoms with van der Waals surface area (Å²) < 4.78 is 5.20. The van der Waals surface area contributed by atoms with E-state index >= 15 is 0 Å². The largest absolute Gasteiger partial charge is 0.360 e. The molecule has 0 saturated heterocycles. The van der Waals surface area contributed by atoms with Crippen molar-refractivity contribution in [2.24, 2.45) is 0 Å². The average Bonchev–Trinajstić information content (AvgIpc) is 3.32. The van der Waals surface area contributed by atoms with E-state index in [0.29, 0.717) is 23.7 Å². The molecule has 1 aromatic carbocycles. The molecule has 0 unspecified atom stereocenters. The highest BCUT2D eigenvalue weighted by molar-refractivity contribution is 6.03. The molecule has 132 valence electrons. The number of benzene rings is 1. The Bertz CT molecular complexity index is 778. The van der Waals surface area contributed by atoms with Crippen molar-refractivity contribution < 1.29 is 14.1 Å². The number of carbonyl (C=O) groups is 2. The molecule has 1 heterocycles. The molecule has 6 heteroatoms.